The van der Waals surface area contributed by atoms with Crippen LogP contribution in [0.1, 0.15) is 47.0 Å². The molecule has 0 aliphatic carbocycles. The lowest BCUT2D eigenvalue weighted by Gasteiger charge is -2.12. The lowest BCUT2D eigenvalue weighted by molar-refractivity contribution is 0.102. The fourth-order valence-corrected chi connectivity index (χ4v) is 4.22. The fraction of sp³-hybridized carbons (Fsp3) is 0.200. The van der Waals surface area contributed by atoms with Crippen LogP contribution in [0.2, 0.25) is 0 Å². The first kappa shape index (κ1) is 19.3. The number of benzene rings is 2. The Morgan fingerprint density at radius 2 is 1.83 bits per heavy atom. The van der Waals surface area contributed by atoms with Crippen molar-refractivity contribution in [3.05, 3.63) is 82.7 Å². The molecule has 0 fully saturated rings. The van der Waals surface area contributed by atoms with Crippen LogP contribution in [0.3, 0.4) is 0 Å². The molecule has 4 rings (SSSR count). The predicted octanol–water partition coefficient (Wildman–Crippen LogP) is 7.04. The maximum atomic E-state index is 13.2. The van der Waals surface area contributed by atoms with Crippen LogP contribution in [0, 0.1) is 6.92 Å². The van der Waals surface area contributed by atoms with Crippen molar-refractivity contribution in [3.63, 3.8) is 0 Å². The highest BCUT2D eigenvalue weighted by Gasteiger charge is 2.15. The lowest BCUT2D eigenvalue weighted by Crippen LogP contribution is -2.13. The van der Waals surface area contributed by atoms with E-state index in [1.807, 2.05) is 42.5 Å². The molecule has 0 aliphatic rings. The molecule has 1 amide bonds. The van der Waals surface area contributed by atoms with E-state index < -0.39 is 0 Å². The summed E-state index contributed by atoms with van der Waals surface area (Å²) in [4.78, 5) is 20.2. The van der Waals surface area contributed by atoms with Crippen molar-refractivity contribution in [1.82, 2.24) is 4.98 Å². The van der Waals surface area contributed by atoms with Crippen molar-refractivity contribution in [2.24, 2.45) is 0 Å². The van der Waals surface area contributed by atoms with Crippen molar-refractivity contribution >= 4 is 33.8 Å². The van der Waals surface area contributed by atoms with Gasteiger partial charge in [-0.15, -0.1) is 11.3 Å². The second-order valence-corrected chi connectivity index (χ2v) is 8.66. The molecule has 0 spiro atoms. The first-order valence-corrected chi connectivity index (χ1v) is 10.7. The number of pyridine rings is 1. The maximum Gasteiger partial charge on any atom is 0.256 e. The number of thiophene rings is 1. The fourth-order valence-electron chi connectivity index (χ4n) is 3.39. The number of nitrogens with zero attached hydrogens (tertiary/aromatic N) is 1. The molecule has 1 atom stereocenters. The number of aryl methyl sites for hydroxylation is 1. The third-order valence-corrected chi connectivity index (χ3v) is 6.33. The summed E-state index contributed by atoms with van der Waals surface area (Å²) in [6, 6.07) is 22.0. The van der Waals surface area contributed by atoms with Crippen LogP contribution < -0.4 is 5.32 Å². The van der Waals surface area contributed by atoms with Crippen LogP contribution in [0.5, 0.6) is 0 Å². The van der Waals surface area contributed by atoms with Crippen molar-refractivity contribution in [2.45, 2.75) is 33.1 Å². The zero-order valence-corrected chi connectivity index (χ0v) is 17.7. The quantitative estimate of drug-likeness (QED) is 0.390. The van der Waals surface area contributed by atoms with Gasteiger partial charge in [-0.3, -0.25) is 4.79 Å². The average molecular weight is 401 g/mol. The molecular weight excluding hydrogens is 376 g/mol. The summed E-state index contributed by atoms with van der Waals surface area (Å²) in [5.74, 6) is 0.398. The number of aromatic nitrogens is 1. The molecule has 146 valence electrons. The minimum Gasteiger partial charge on any atom is -0.322 e. The number of carbonyl (C=O) groups excluding carboxylic acids is 1. The van der Waals surface area contributed by atoms with E-state index in [9.17, 15) is 4.79 Å². The zero-order chi connectivity index (χ0) is 20.4. The van der Waals surface area contributed by atoms with Crippen molar-refractivity contribution in [1.29, 1.82) is 0 Å². The lowest BCUT2D eigenvalue weighted by atomic mass is 9.98. The van der Waals surface area contributed by atoms with E-state index in [1.54, 1.807) is 11.3 Å². The highest BCUT2D eigenvalue weighted by molar-refractivity contribution is 7.15. The molecule has 3 nitrogen and oxygen atoms in total. The first-order chi connectivity index (χ1) is 14.0. The second kappa shape index (κ2) is 8.18. The van der Waals surface area contributed by atoms with Gasteiger partial charge in [0.25, 0.3) is 5.91 Å². The number of rotatable bonds is 5. The minimum absolute atomic E-state index is 0.116. The number of carbonyl (C=O) groups is 1. The Hall–Kier alpha value is -2.98. The van der Waals surface area contributed by atoms with Gasteiger partial charge in [0.1, 0.15) is 0 Å². The second-order valence-electron chi connectivity index (χ2n) is 7.37. The number of anilines is 1. The number of amides is 1. The van der Waals surface area contributed by atoms with Gasteiger partial charge < -0.3 is 5.32 Å². The van der Waals surface area contributed by atoms with Crippen LogP contribution >= 0.6 is 11.3 Å². The third kappa shape index (κ3) is 4.08. The van der Waals surface area contributed by atoms with Gasteiger partial charge in [-0.1, -0.05) is 44.2 Å². The Labute approximate surface area is 175 Å². The Morgan fingerprint density at radius 3 is 2.52 bits per heavy atom. The molecule has 4 heteroatoms. The molecule has 1 unspecified atom stereocenters. The zero-order valence-electron chi connectivity index (χ0n) is 16.9. The third-order valence-electron chi connectivity index (χ3n) is 5.30. The van der Waals surface area contributed by atoms with E-state index in [-0.39, 0.29) is 5.91 Å². The first-order valence-electron chi connectivity index (χ1n) is 9.93. The van der Waals surface area contributed by atoms with E-state index in [0.29, 0.717) is 11.5 Å². The standard InChI is InChI=1S/C25H24N2OS/c1-4-16(2)18-10-12-19(13-11-18)26-25(28)21-15-23(24-14-9-17(3)29-24)27-22-8-6-5-7-20(21)22/h5-16H,4H2,1-3H3,(H,26,28). The van der Waals surface area contributed by atoms with Gasteiger partial charge in [-0.25, -0.2) is 4.98 Å². The van der Waals surface area contributed by atoms with Gasteiger partial charge in [0.05, 0.1) is 21.7 Å². The number of nitrogens with one attached hydrogen (secondary N) is 1. The predicted molar refractivity (Wildman–Crippen MR) is 123 cm³/mol. The summed E-state index contributed by atoms with van der Waals surface area (Å²) < 4.78 is 0. The highest BCUT2D eigenvalue weighted by Crippen LogP contribution is 2.30. The Kier molecular flexibility index (Phi) is 5.45. The Morgan fingerprint density at radius 1 is 1.07 bits per heavy atom. The molecule has 0 radical (unpaired) electrons. The van der Waals surface area contributed by atoms with E-state index >= 15 is 0 Å². The number of hydrogen-bond acceptors (Lipinski definition) is 3. The van der Waals surface area contributed by atoms with E-state index in [0.717, 1.165) is 33.6 Å². The van der Waals surface area contributed by atoms with Crippen molar-refractivity contribution in [3.8, 4) is 10.6 Å². The molecule has 0 aliphatic heterocycles. The number of fused-ring (bicyclic) bond motifs is 1. The SMILES string of the molecule is CCC(C)c1ccc(NC(=O)c2cc(-c3ccc(C)s3)nc3ccccc23)cc1. The van der Waals surface area contributed by atoms with E-state index in [1.165, 1.54) is 10.4 Å². The van der Waals surface area contributed by atoms with E-state index in [4.69, 9.17) is 4.98 Å². The summed E-state index contributed by atoms with van der Waals surface area (Å²) in [7, 11) is 0. The molecule has 2 aromatic heterocycles. The van der Waals surface area contributed by atoms with Gasteiger partial charge in [-0.2, -0.15) is 0 Å². The smallest absolute Gasteiger partial charge is 0.256 e. The van der Waals surface area contributed by atoms with Crippen LogP contribution in [0.4, 0.5) is 5.69 Å². The van der Waals surface area contributed by atoms with Crippen molar-refractivity contribution < 1.29 is 4.79 Å². The molecule has 0 bridgehead atoms. The summed E-state index contributed by atoms with van der Waals surface area (Å²) in [6.45, 7) is 6.47. The van der Waals surface area contributed by atoms with Gasteiger partial charge >= 0.3 is 0 Å². The van der Waals surface area contributed by atoms with Crippen LogP contribution in [-0.4, -0.2) is 10.9 Å². The van der Waals surface area contributed by atoms with Crippen LogP contribution in [0.15, 0.2) is 66.7 Å². The number of hydrogen-bond donors (Lipinski definition) is 1. The molecule has 4 aromatic rings. The molecular formula is C25H24N2OS. The minimum atomic E-state index is -0.116. The van der Waals surface area contributed by atoms with E-state index in [2.05, 4.69) is 50.4 Å². The molecule has 2 heterocycles. The summed E-state index contributed by atoms with van der Waals surface area (Å²) >= 11 is 1.69. The van der Waals surface area contributed by atoms with Gasteiger partial charge in [0.2, 0.25) is 0 Å². The van der Waals surface area contributed by atoms with Gasteiger partial charge in [0.15, 0.2) is 0 Å². The van der Waals surface area contributed by atoms with Gasteiger partial charge in [-0.05, 0) is 61.2 Å². The normalized spacial score (nSPS) is 12.1. The molecule has 0 saturated carbocycles. The average Bonchev–Trinajstić information content (AvgIpc) is 3.19. The maximum absolute atomic E-state index is 13.2. The Bertz CT molecular complexity index is 1160. The summed E-state index contributed by atoms with van der Waals surface area (Å²) in [6.07, 6.45) is 1.10. The van der Waals surface area contributed by atoms with Crippen molar-refractivity contribution in [2.75, 3.05) is 5.32 Å². The monoisotopic (exact) mass is 400 g/mol. The highest BCUT2D eigenvalue weighted by atomic mass is 32.1. The molecule has 1 N–H and O–H groups in total. The van der Waals surface area contributed by atoms with Crippen LogP contribution in [-0.2, 0) is 0 Å². The molecule has 0 saturated heterocycles. The molecule has 2 aromatic carbocycles. The molecule has 29 heavy (non-hydrogen) atoms. The topological polar surface area (TPSA) is 42.0 Å². The largest absolute Gasteiger partial charge is 0.322 e. The summed E-state index contributed by atoms with van der Waals surface area (Å²) in [5.41, 5.74) is 4.39. The number of para-hydroxylation sites is 1. The Balaban J connectivity index is 1.69. The van der Waals surface area contributed by atoms with Crippen LogP contribution in [0.25, 0.3) is 21.5 Å². The van der Waals surface area contributed by atoms with Gasteiger partial charge in [0, 0.05) is 16.0 Å². The summed E-state index contributed by atoms with van der Waals surface area (Å²) in [5, 5.41) is 3.91.